The number of ether oxygens (including phenoxy) is 2. The van der Waals surface area contributed by atoms with E-state index in [2.05, 4.69) is 27.3 Å². The molecule has 0 amide bonds. The van der Waals surface area contributed by atoms with Crippen LogP contribution in [0.4, 0.5) is 8.78 Å². The fraction of sp³-hybridized carbons (Fsp3) is 0.0667. The summed E-state index contributed by atoms with van der Waals surface area (Å²) in [4.78, 5) is 22.5. The lowest BCUT2D eigenvalue weighted by Crippen LogP contribution is -2.34. The number of esters is 1. The minimum Gasteiger partial charge on any atom is -0.474 e. The lowest BCUT2D eigenvalue weighted by molar-refractivity contribution is -0.210. The number of rotatable bonds is 5. The zero-order chi connectivity index (χ0) is 18.8. The first kappa shape index (κ1) is 20.5. The second-order valence-electron chi connectivity index (χ2n) is 4.54. The highest BCUT2D eigenvalue weighted by molar-refractivity contribution is 14.1. The van der Waals surface area contributed by atoms with Gasteiger partial charge in [0.2, 0.25) is 0 Å². The van der Waals surface area contributed by atoms with Gasteiger partial charge in [-0.3, -0.25) is 0 Å². The summed E-state index contributed by atoms with van der Waals surface area (Å²) in [6, 6.07) is 8.24. The van der Waals surface area contributed by atoms with Gasteiger partial charge in [-0.25, -0.2) is 9.59 Å². The van der Waals surface area contributed by atoms with Gasteiger partial charge in [-0.1, -0.05) is 0 Å². The van der Waals surface area contributed by atoms with Crippen molar-refractivity contribution in [3.05, 3.63) is 52.7 Å². The van der Waals surface area contributed by atoms with Gasteiger partial charge in [-0.2, -0.15) is 8.78 Å². The molecule has 0 aliphatic carbocycles. The summed E-state index contributed by atoms with van der Waals surface area (Å²) < 4.78 is 37.9. The van der Waals surface area contributed by atoms with Gasteiger partial charge in [-0.15, -0.1) is 0 Å². The van der Waals surface area contributed by atoms with Crippen molar-refractivity contribution < 1.29 is 33.0 Å². The normalized spacial score (nSPS) is 11.1. The number of benzene rings is 2. The maximum atomic E-state index is 13.0. The molecule has 0 atom stereocenters. The molecule has 0 unspecified atom stereocenters. The molecule has 0 saturated carbocycles. The number of hydrogen-bond acceptors (Lipinski definition) is 4. The Balaban J connectivity index is 2.15. The lowest BCUT2D eigenvalue weighted by atomic mass is 10.2. The molecule has 0 fully saturated rings. The van der Waals surface area contributed by atoms with Gasteiger partial charge in [0.25, 0.3) is 0 Å². The third-order valence-electron chi connectivity index (χ3n) is 2.74. The summed E-state index contributed by atoms with van der Waals surface area (Å²) >= 11 is 6.23. The molecule has 0 bridgehead atoms. The van der Waals surface area contributed by atoms with Crippen molar-refractivity contribution in [3.63, 3.8) is 0 Å². The second-order valence-corrected chi connectivity index (χ2v) is 8.11. The molecule has 25 heavy (non-hydrogen) atoms. The highest BCUT2D eigenvalue weighted by Gasteiger charge is 2.42. The molecule has 0 radical (unpaired) electrons. The fourth-order valence-corrected chi connectivity index (χ4v) is 5.43. The van der Waals surface area contributed by atoms with Gasteiger partial charge in [0.15, 0.2) is 5.75 Å². The highest BCUT2D eigenvalue weighted by atomic mass is 127. The first-order chi connectivity index (χ1) is 11.6. The average Bonchev–Trinajstić information content (AvgIpc) is 2.50. The van der Waals surface area contributed by atoms with Crippen molar-refractivity contribution in [2.75, 3.05) is 0 Å². The van der Waals surface area contributed by atoms with Gasteiger partial charge in [0, 0.05) is 3.57 Å². The van der Waals surface area contributed by atoms with Crippen LogP contribution in [-0.2, 0) is 4.79 Å². The molecule has 0 aromatic heterocycles. The Morgan fingerprint density at radius 2 is 1.52 bits per heavy atom. The summed E-state index contributed by atoms with van der Waals surface area (Å²) in [5, 5.41) is 8.33. The number of carboxylic acid groups (broad SMARTS) is 1. The van der Waals surface area contributed by atoms with E-state index in [0.717, 1.165) is 22.8 Å². The molecule has 2 aromatic rings. The van der Waals surface area contributed by atoms with Crippen LogP contribution < -0.4 is 9.47 Å². The first-order valence-corrected chi connectivity index (χ1v) is 9.61. The summed E-state index contributed by atoms with van der Waals surface area (Å²) in [7, 11) is 0. The zero-order valence-electron chi connectivity index (χ0n) is 11.9. The van der Waals surface area contributed by atoms with Crippen molar-refractivity contribution >= 4 is 79.7 Å². The summed E-state index contributed by atoms with van der Waals surface area (Å²) in [5.41, 5.74) is 0.108. The van der Waals surface area contributed by atoms with Crippen LogP contribution in [0.1, 0.15) is 10.4 Å². The minimum absolute atomic E-state index is 0.108. The molecule has 2 rings (SSSR count). The highest BCUT2D eigenvalue weighted by Crippen LogP contribution is 2.30. The van der Waals surface area contributed by atoms with E-state index >= 15 is 0 Å². The van der Waals surface area contributed by atoms with Crippen LogP contribution in [0.3, 0.4) is 0 Å². The Morgan fingerprint density at radius 3 is 2.00 bits per heavy atom. The number of halogens is 5. The van der Waals surface area contributed by atoms with Crippen LogP contribution in [0.2, 0.25) is 0 Å². The van der Waals surface area contributed by atoms with E-state index in [9.17, 15) is 18.4 Å². The van der Waals surface area contributed by atoms with Crippen LogP contribution in [0, 0.1) is 10.7 Å². The molecule has 5 nitrogen and oxygen atoms in total. The summed E-state index contributed by atoms with van der Waals surface area (Å²) in [6.45, 7) is 0. The predicted octanol–water partition coefficient (Wildman–Crippen LogP) is 4.78. The third-order valence-corrected chi connectivity index (χ3v) is 4.97. The van der Waals surface area contributed by atoms with Gasteiger partial charge < -0.3 is 14.6 Å². The van der Waals surface area contributed by atoms with Crippen LogP contribution in [0.5, 0.6) is 11.5 Å². The van der Waals surface area contributed by atoms with Crippen molar-refractivity contribution in [2.45, 2.75) is 6.11 Å². The molecule has 0 heterocycles. The number of carboxylic acids is 1. The SMILES string of the molecule is O=C(Oc1c(I)cc(I)cc1I)c1ccc(OC(F)(F)C(=O)O)cc1. The first-order valence-electron chi connectivity index (χ1n) is 6.37. The number of hydrogen-bond donors (Lipinski definition) is 1. The molecule has 0 aliphatic heterocycles. The molecule has 0 aliphatic rings. The Hall–Kier alpha value is -0.770. The minimum atomic E-state index is -4.35. The second kappa shape index (κ2) is 8.28. The van der Waals surface area contributed by atoms with E-state index in [1.165, 1.54) is 12.1 Å². The standard InChI is InChI=1S/C15H7F2I3O5/c16-15(17,14(22)23)25-9-3-1-7(2-4-9)13(21)24-12-10(19)5-8(18)6-11(12)20/h1-6H,(H,22,23). The number of alkyl halides is 2. The number of carbonyl (C=O) groups is 2. The van der Waals surface area contributed by atoms with Crippen LogP contribution in [0.25, 0.3) is 0 Å². The van der Waals surface area contributed by atoms with Crippen LogP contribution in [0.15, 0.2) is 36.4 Å². The van der Waals surface area contributed by atoms with E-state index < -0.39 is 18.0 Å². The number of aliphatic carboxylic acids is 1. The molecule has 1 N–H and O–H groups in total. The van der Waals surface area contributed by atoms with E-state index in [0.29, 0.717) is 5.75 Å². The fourth-order valence-electron chi connectivity index (χ4n) is 1.63. The van der Waals surface area contributed by atoms with Crippen LogP contribution in [-0.4, -0.2) is 23.2 Å². The summed E-state index contributed by atoms with van der Waals surface area (Å²) in [6.07, 6.45) is -4.35. The smallest absolute Gasteiger partial charge is 0.474 e. The Morgan fingerprint density at radius 1 is 1.00 bits per heavy atom. The van der Waals surface area contributed by atoms with Gasteiger partial charge in [0.1, 0.15) is 5.75 Å². The number of carbonyl (C=O) groups excluding carboxylic acids is 1. The molecular weight excluding hydrogens is 679 g/mol. The van der Waals surface area contributed by atoms with E-state index in [4.69, 9.17) is 9.84 Å². The van der Waals surface area contributed by atoms with Crippen molar-refractivity contribution in [1.29, 1.82) is 0 Å². The maximum absolute atomic E-state index is 13.0. The monoisotopic (exact) mass is 686 g/mol. The van der Waals surface area contributed by atoms with Crippen LogP contribution >= 0.6 is 67.8 Å². The molecule has 0 spiro atoms. The quantitative estimate of drug-likeness (QED) is 0.279. The Bertz CT molecular complexity index is 801. The summed E-state index contributed by atoms with van der Waals surface area (Å²) in [5.74, 6) is -3.06. The molecule has 0 saturated heterocycles. The van der Waals surface area contributed by atoms with E-state index in [-0.39, 0.29) is 11.3 Å². The Labute approximate surface area is 181 Å². The molecule has 132 valence electrons. The van der Waals surface area contributed by atoms with Crippen molar-refractivity contribution in [2.24, 2.45) is 0 Å². The van der Waals surface area contributed by atoms with E-state index in [1.807, 2.05) is 57.3 Å². The molecular formula is C15H7F2I3O5. The maximum Gasteiger partial charge on any atom is 0.501 e. The van der Waals surface area contributed by atoms with Gasteiger partial charge in [-0.05, 0) is 104 Å². The predicted molar refractivity (Wildman–Crippen MR) is 109 cm³/mol. The average molecular weight is 686 g/mol. The Kier molecular flexibility index (Phi) is 6.80. The van der Waals surface area contributed by atoms with Gasteiger partial charge in [0.05, 0.1) is 12.7 Å². The van der Waals surface area contributed by atoms with Crippen molar-refractivity contribution in [1.82, 2.24) is 0 Å². The van der Waals surface area contributed by atoms with E-state index in [1.54, 1.807) is 0 Å². The molecule has 10 heteroatoms. The largest absolute Gasteiger partial charge is 0.501 e. The lowest BCUT2D eigenvalue weighted by Gasteiger charge is -2.13. The van der Waals surface area contributed by atoms with Gasteiger partial charge >= 0.3 is 18.0 Å². The zero-order valence-corrected chi connectivity index (χ0v) is 18.4. The topological polar surface area (TPSA) is 72.8 Å². The third kappa shape index (κ3) is 5.35. The van der Waals surface area contributed by atoms with Crippen molar-refractivity contribution in [3.8, 4) is 11.5 Å². The molecule has 2 aromatic carbocycles.